The van der Waals surface area contributed by atoms with Crippen LogP contribution < -0.4 is 10.6 Å². The lowest BCUT2D eigenvalue weighted by Gasteiger charge is -2.36. The van der Waals surface area contributed by atoms with Crippen molar-refractivity contribution in [2.45, 2.75) is 31.7 Å². The molecule has 1 aliphatic heterocycles. The van der Waals surface area contributed by atoms with Crippen molar-refractivity contribution in [2.75, 3.05) is 26.4 Å². The van der Waals surface area contributed by atoms with Crippen molar-refractivity contribution in [2.24, 2.45) is 0 Å². The number of amides is 2. The molecule has 0 aromatic heterocycles. The monoisotopic (exact) mass is 244 g/mol. The number of ether oxygens (including phenoxy) is 1. The SMILES string of the molecule is CC(=O)NCCC(=O)NC1(CO)CCOCC1. The summed E-state index contributed by atoms with van der Waals surface area (Å²) < 4.78 is 5.20. The van der Waals surface area contributed by atoms with Gasteiger partial charge in [0, 0.05) is 33.1 Å². The minimum absolute atomic E-state index is 0.0811. The summed E-state index contributed by atoms with van der Waals surface area (Å²) in [5.74, 6) is -0.310. The molecule has 0 unspecified atom stereocenters. The van der Waals surface area contributed by atoms with Crippen molar-refractivity contribution in [3.05, 3.63) is 0 Å². The molecule has 1 rings (SSSR count). The standard InChI is InChI=1S/C11H20N2O4/c1-9(15)12-5-2-10(16)13-11(8-14)3-6-17-7-4-11/h14H,2-8H2,1H3,(H,12,15)(H,13,16). The van der Waals surface area contributed by atoms with Gasteiger partial charge in [-0.3, -0.25) is 9.59 Å². The van der Waals surface area contributed by atoms with Gasteiger partial charge in [-0.1, -0.05) is 0 Å². The Labute approximate surface area is 101 Å². The van der Waals surface area contributed by atoms with Crippen LogP contribution in [0.3, 0.4) is 0 Å². The largest absolute Gasteiger partial charge is 0.394 e. The molecule has 0 spiro atoms. The number of aliphatic hydroxyl groups is 1. The van der Waals surface area contributed by atoms with Gasteiger partial charge < -0.3 is 20.5 Å². The van der Waals surface area contributed by atoms with Crippen molar-refractivity contribution >= 4 is 11.8 Å². The molecule has 1 fully saturated rings. The van der Waals surface area contributed by atoms with Gasteiger partial charge in [0.1, 0.15) is 0 Å². The Kier molecular flexibility index (Phi) is 5.37. The summed E-state index contributed by atoms with van der Waals surface area (Å²) in [6.07, 6.45) is 1.47. The van der Waals surface area contributed by atoms with E-state index in [0.29, 0.717) is 32.6 Å². The highest BCUT2D eigenvalue weighted by molar-refractivity contribution is 5.78. The molecule has 0 bridgehead atoms. The molecule has 0 aliphatic carbocycles. The van der Waals surface area contributed by atoms with Gasteiger partial charge in [0.15, 0.2) is 0 Å². The smallest absolute Gasteiger partial charge is 0.222 e. The lowest BCUT2D eigenvalue weighted by atomic mass is 9.91. The molecule has 6 nitrogen and oxygen atoms in total. The summed E-state index contributed by atoms with van der Waals surface area (Å²) >= 11 is 0. The third-order valence-corrected chi connectivity index (χ3v) is 2.88. The molecule has 0 aromatic rings. The van der Waals surface area contributed by atoms with E-state index in [1.165, 1.54) is 6.92 Å². The molecule has 1 heterocycles. The number of hydrogen-bond donors (Lipinski definition) is 3. The predicted octanol–water partition coefficient (Wildman–Crippen LogP) is -0.830. The highest BCUT2D eigenvalue weighted by atomic mass is 16.5. The van der Waals surface area contributed by atoms with Crippen LogP contribution in [-0.2, 0) is 14.3 Å². The van der Waals surface area contributed by atoms with Gasteiger partial charge >= 0.3 is 0 Å². The minimum atomic E-state index is -0.550. The quantitative estimate of drug-likeness (QED) is 0.589. The highest BCUT2D eigenvalue weighted by Gasteiger charge is 2.33. The summed E-state index contributed by atoms with van der Waals surface area (Å²) in [5.41, 5.74) is -0.550. The van der Waals surface area contributed by atoms with Crippen LogP contribution in [0.25, 0.3) is 0 Å². The van der Waals surface area contributed by atoms with E-state index in [4.69, 9.17) is 4.74 Å². The van der Waals surface area contributed by atoms with Crippen LogP contribution in [0.5, 0.6) is 0 Å². The van der Waals surface area contributed by atoms with Gasteiger partial charge in [-0.15, -0.1) is 0 Å². The van der Waals surface area contributed by atoms with Gasteiger partial charge in [0.2, 0.25) is 11.8 Å². The van der Waals surface area contributed by atoms with Crippen molar-refractivity contribution in [3.8, 4) is 0 Å². The van der Waals surface area contributed by atoms with E-state index in [0.717, 1.165) is 0 Å². The first-order valence-corrected chi connectivity index (χ1v) is 5.82. The summed E-state index contributed by atoms with van der Waals surface area (Å²) in [6, 6.07) is 0. The van der Waals surface area contributed by atoms with Gasteiger partial charge in [0.25, 0.3) is 0 Å². The Morgan fingerprint density at radius 2 is 2.00 bits per heavy atom. The maximum atomic E-state index is 11.6. The van der Waals surface area contributed by atoms with E-state index in [9.17, 15) is 14.7 Å². The Bertz CT molecular complexity index is 275. The second-order valence-electron chi connectivity index (χ2n) is 4.33. The van der Waals surface area contributed by atoms with E-state index >= 15 is 0 Å². The second-order valence-corrected chi connectivity index (χ2v) is 4.33. The zero-order valence-corrected chi connectivity index (χ0v) is 10.1. The molecule has 98 valence electrons. The van der Waals surface area contributed by atoms with Crippen molar-refractivity contribution < 1.29 is 19.4 Å². The van der Waals surface area contributed by atoms with Crippen molar-refractivity contribution in [3.63, 3.8) is 0 Å². The van der Waals surface area contributed by atoms with E-state index < -0.39 is 5.54 Å². The van der Waals surface area contributed by atoms with E-state index in [1.54, 1.807) is 0 Å². The molecule has 3 N–H and O–H groups in total. The number of nitrogens with one attached hydrogen (secondary N) is 2. The Morgan fingerprint density at radius 3 is 2.53 bits per heavy atom. The molecular weight excluding hydrogens is 224 g/mol. The average Bonchev–Trinajstić information content (AvgIpc) is 2.29. The molecule has 1 saturated heterocycles. The highest BCUT2D eigenvalue weighted by Crippen LogP contribution is 2.19. The summed E-state index contributed by atoms with van der Waals surface area (Å²) in [4.78, 5) is 22.3. The van der Waals surface area contributed by atoms with Crippen LogP contribution in [-0.4, -0.2) is 48.8 Å². The number of rotatable bonds is 5. The number of aliphatic hydroxyl groups excluding tert-OH is 1. The number of carbonyl (C=O) groups is 2. The molecule has 0 saturated carbocycles. The van der Waals surface area contributed by atoms with Gasteiger partial charge in [0.05, 0.1) is 12.1 Å². The van der Waals surface area contributed by atoms with Crippen molar-refractivity contribution in [1.29, 1.82) is 0 Å². The van der Waals surface area contributed by atoms with E-state index in [1.807, 2.05) is 0 Å². The van der Waals surface area contributed by atoms with E-state index in [2.05, 4.69) is 10.6 Å². The zero-order valence-electron chi connectivity index (χ0n) is 10.1. The average molecular weight is 244 g/mol. The minimum Gasteiger partial charge on any atom is -0.394 e. The fourth-order valence-electron chi connectivity index (χ4n) is 1.80. The van der Waals surface area contributed by atoms with Gasteiger partial charge in [-0.2, -0.15) is 0 Å². The Balaban J connectivity index is 2.34. The third kappa shape index (κ3) is 4.70. The Hall–Kier alpha value is -1.14. The fraction of sp³-hybridized carbons (Fsp3) is 0.818. The zero-order chi connectivity index (χ0) is 12.7. The molecular formula is C11H20N2O4. The van der Waals surface area contributed by atoms with Crippen LogP contribution in [0.15, 0.2) is 0 Å². The topological polar surface area (TPSA) is 87.7 Å². The molecule has 0 radical (unpaired) electrons. The molecule has 1 aliphatic rings. The predicted molar refractivity (Wildman–Crippen MR) is 61.3 cm³/mol. The van der Waals surface area contributed by atoms with E-state index in [-0.39, 0.29) is 24.8 Å². The summed E-state index contributed by atoms with van der Waals surface area (Å²) in [6.45, 7) is 2.74. The summed E-state index contributed by atoms with van der Waals surface area (Å²) in [7, 11) is 0. The molecule has 2 amide bonds. The fourth-order valence-corrected chi connectivity index (χ4v) is 1.80. The second kappa shape index (κ2) is 6.56. The third-order valence-electron chi connectivity index (χ3n) is 2.88. The van der Waals surface area contributed by atoms with Gasteiger partial charge in [-0.25, -0.2) is 0 Å². The van der Waals surface area contributed by atoms with Crippen LogP contribution in [0.2, 0.25) is 0 Å². The first kappa shape index (κ1) is 13.9. The van der Waals surface area contributed by atoms with Gasteiger partial charge in [-0.05, 0) is 12.8 Å². The first-order chi connectivity index (χ1) is 8.08. The summed E-state index contributed by atoms with van der Waals surface area (Å²) in [5, 5.41) is 14.8. The number of carbonyl (C=O) groups excluding carboxylic acids is 2. The van der Waals surface area contributed by atoms with Crippen LogP contribution in [0.4, 0.5) is 0 Å². The van der Waals surface area contributed by atoms with Crippen LogP contribution in [0, 0.1) is 0 Å². The number of hydrogen-bond acceptors (Lipinski definition) is 4. The Morgan fingerprint density at radius 1 is 1.35 bits per heavy atom. The molecule has 0 aromatic carbocycles. The maximum absolute atomic E-state index is 11.6. The lowest BCUT2D eigenvalue weighted by molar-refractivity contribution is -0.125. The molecule has 0 atom stereocenters. The molecule has 17 heavy (non-hydrogen) atoms. The normalized spacial score (nSPS) is 18.5. The lowest BCUT2D eigenvalue weighted by Crippen LogP contribution is -2.54. The van der Waals surface area contributed by atoms with Crippen molar-refractivity contribution in [1.82, 2.24) is 10.6 Å². The van der Waals surface area contributed by atoms with Crippen LogP contribution >= 0.6 is 0 Å². The molecule has 6 heteroatoms. The maximum Gasteiger partial charge on any atom is 0.222 e. The van der Waals surface area contributed by atoms with Crippen LogP contribution in [0.1, 0.15) is 26.2 Å². The first-order valence-electron chi connectivity index (χ1n) is 5.82.